The van der Waals surface area contributed by atoms with Gasteiger partial charge in [-0.15, -0.1) is 0 Å². The fourth-order valence-electron chi connectivity index (χ4n) is 8.91. The maximum absolute atomic E-state index is 13.9. The van der Waals surface area contributed by atoms with E-state index < -0.39 is 170 Å². The van der Waals surface area contributed by atoms with Gasteiger partial charge in [0.25, 0.3) is 0 Å². The summed E-state index contributed by atoms with van der Waals surface area (Å²) in [5.74, 6) is -11.0. The van der Waals surface area contributed by atoms with Crippen molar-refractivity contribution in [1.82, 2.24) is 88.7 Å². The minimum absolute atomic E-state index is 0.0122. The highest BCUT2D eigenvalue weighted by atomic mass is 32.2. The van der Waals surface area contributed by atoms with E-state index in [1.165, 1.54) is 25.6 Å². The van der Waals surface area contributed by atoms with Gasteiger partial charge in [0.15, 0.2) is 23.8 Å². The fraction of sp³-hybridized carbons (Fsp3) is 0.719. The Kier molecular flexibility index (Phi) is 48.6. The number of thioether (sulfide) groups is 1. The minimum atomic E-state index is -1.36. The van der Waals surface area contributed by atoms with Crippen LogP contribution in [-0.2, 0) is 67.1 Å². The van der Waals surface area contributed by atoms with Crippen molar-refractivity contribution in [3.63, 3.8) is 0 Å². The van der Waals surface area contributed by atoms with E-state index in [1.807, 2.05) is 0 Å². The average Bonchev–Trinajstić information content (AvgIpc) is 0.886. The molecule has 0 aromatic rings. The number of carboxylic acid groups (broad SMARTS) is 1. The lowest BCUT2D eigenvalue weighted by Gasteiger charge is -2.23. The summed E-state index contributed by atoms with van der Waals surface area (Å²) in [5.41, 5.74) is 35.2. The van der Waals surface area contributed by atoms with Crippen molar-refractivity contribution in [3.8, 4) is 0 Å². The lowest BCUT2D eigenvalue weighted by molar-refractivity contribution is -0.142. The van der Waals surface area contributed by atoms with E-state index in [0.717, 1.165) is 0 Å². The van der Waals surface area contributed by atoms with E-state index in [2.05, 4.69) is 89.1 Å². The average molecular weight is 1540 g/mol. The maximum atomic E-state index is 13.9. The summed E-state index contributed by atoms with van der Waals surface area (Å²) in [6, 6.07) is -11.0. The number of nitrogens with one attached hydrogen (secondary N) is 13. The predicted molar refractivity (Wildman–Crippen MR) is 406 cm³/mol. The van der Waals surface area contributed by atoms with Gasteiger partial charge < -0.3 is 128 Å². The molecule has 0 aromatic carbocycles. The highest BCUT2D eigenvalue weighted by Gasteiger charge is 2.31. The SMILES string of the molecule is CSCC[C@H](NC(=O)CNC(=O)[C@H](CCCN=C(N)N(C)C)NC(=O)CNC(=O)[C@H](CCCN=C(N)N(C)C)NC(=O)CNC(=O)[C@H](CCCN=C(N)N(C)C)NC(=O)[C@H](C)NC(=O)[C@H](C)NC(=O)[C@@H](N)C(C)C)C(=O)NCC(=O)N[C@@H](CCCN=C(N)N(C)C)C(=O)NCC(=O)N[C@@H](CCCCN)C(=O)O. The Morgan fingerprint density at radius 1 is 0.355 bits per heavy atom. The molecule has 0 saturated heterocycles. The topological polar surface area (TPSA) is 634 Å². The van der Waals surface area contributed by atoms with Gasteiger partial charge in [-0.2, -0.15) is 11.8 Å². The van der Waals surface area contributed by atoms with E-state index in [-0.39, 0.29) is 120 Å². The molecular weight excluding hydrogens is 1420 g/mol. The first-order chi connectivity index (χ1) is 50.3. The molecule has 0 fully saturated rings. The number of nitrogens with zero attached hydrogens (tertiary/aromatic N) is 8. The van der Waals surface area contributed by atoms with E-state index in [4.69, 9.17) is 34.4 Å². The summed E-state index contributed by atoms with van der Waals surface area (Å²) in [6.45, 7) is 3.49. The minimum Gasteiger partial charge on any atom is -0.480 e. The summed E-state index contributed by atoms with van der Waals surface area (Å²) in [5, 5.41) is 41.8. The van der Waals surface area contributed by atoms with Crippen LogP contribution >= 0.6 is 11.8 Å². The van der Waals surface area contributed by atoms with E-state index >= 15 is 0 Å². The van der Waals surface area contributed by atoms with Gasteiger partial charge in [0.05, 0.1) is 38.8 Å². The summed E-state index contributed by atoms with van der Waals surface area (Å²) < 4.78 is 0. The Bertz CT molecular complexity index is 3030. The largest absolute Gasteiger partial charge is 0.480 e. The zero-order valence-electron chi connectivity index (χ0n) is 64.1. The second-order valence-corrected chi connectivity index (χ2v) is 27.0. The van der Waals surface area contributed by atoms with Crippen LogP contribution in [0, 0.1) is 5.92 Å². The van der Waals surface area contributed by atoms with Gasteiger partial charge in [-0.25, -0.2) is 4.79 Å². The van der Waals surface area contributed by atoms with Crippen molar-refractivity contribution < 1.29 is 72.2 Å². The molecular formula is C64H121N27O15S. The molecule has 0 aliphatic carbocycles. The summed E-state index contributed by atoms with van der Waals surface area (Å²) in [4.78, 5) is 210. The van der Waals surface area contributed by atoms with Crippen molar-refractivity contribution >= 4 is 118 Å². The number of unbranched alkanes of at least 4 members (excludes halogenated alkanes) is 1. The van der Waals surface area contributed by atoms with Gasteiger partial charge in [0.1, 0.15) is 48.3 Å². The Balaban J connectivity index is 6.49. The monoisotopic (exact) mass is 1540 g/mol. The van der Waals surface area contributed by atoms with Crippen LogP contribution in [0.5, 0.6) is 0 Å². The van der Waals surface area contributed by atoms with Crippen molar-refractivity contribution in [2.75, 3.05) is 134 Å². The van der Waals surface area contributed by atoms with E-state index in [0.29, 0.717) is 25.1 Å². The summed E-state index contributed by atoms with van der Waals surface area (Å²) in [7, 11) is 13.3. The van der Waals surface area contributed by atoms with Gasteiger partial charge in [-0.1, -0.05) is 13.8 Å². The zero-order chi connectivity index (χ0) is 81.5. The van der Waals surface area contributed by atoms with Crippen LogP contribution in [-0.4, -0.2) is 320 Å². The molecule has 43 heteroatoms. The molecule has 0 aliphatic rings. The first-order valence-corrected chi connectivity index (χ1v) is 36.5. The van der Waals surface area contributed by atoms with Crippen molar-refractivity contribution in [1.29, 1.82) is 0 Å². The lowest BCUT2D eigenvalue weighted by Crippen LogP contribution is -2.57. The molecule has 0 rings (SSSR count). The van der Waals surface area contributed by atoms with Crippen LogP contribution < -0.4 is 104 Å². The second kappa shape index (κ2) is 53.7. The van der Waals surface area contributed by atoms with Crippen LogP contribution in [0.15, 0.2) is 20.0 Å². The maximum Gasteiger partial charge on any atom is 0.326 e. The number of hydrogen-bond acceptors (Lipinski definition) is 21. The number of carbonyl (C=O) groups excluding carboxylic acids is 13. The Morgan fingerprint density at radius 3 is 0.869 bits per heavy atom. The van der Waals surface area contributed by atoms with Gasteiger partial charge in [0, 0.05) is 82.6 Å². The third-order valence-corrected chi connectivity index (χ3v) is 16.2. The number of rotatable bonds is 51. The van der Waals surface area contributed by atoms with Crippen LogP contribution in [0.4, 0.5) is 0 Å². The van der Waals surface area contributed by atoms with E-state index in [9.17, 15) is 72.2 Å². The number of nitrogens with two attached hydrogens (primary N) is 6. The molecule has 0 bridgehead atoms. The number of aliphatic carboxylic acids is 1. The summed E-state index contributed by atoms with van der Waals surface area (Å²) in [6.07, 6.45) is 3.43. The molecule has 107 heavy (non-hydrogen) atoms. The Morgan fingerprint density at radius 2 is 0.607 bits per heavy atom. The van der Waals surface area contributed by atoms with Crippen molar-refractivity contribution in [2.24, 2.45) is 60.3 Å². The lowest BCUT2D eigenvalue weighted by atomic mass is 10.0. The highest BCUT2D eigenvalue weighted by Crippen LogP contribution is 2.08. The number of hydrogen-bond donors (Lipinski definition) is 20. The molecule has 0 radical (unpaired) electrons. The Hall–Kier alpha value is -10.1. The highest BCUT2D eigenvalue weighted by molar-refractivity contribution is 7.98. The Labute approximate surface area is 630 Å². The van der Waals surface area contributed by atoms with Crippen LogP contribution in [0.2, 0.25) is 0 Å². The van der Waals surface area contributed by atoms with Crippen molar-refractivity contribution in [2.45, 2.75) is 159 Å². The van der Waals surface area contributed by atoms with Crippen LogP contribution in [0.3, 0.4) is 0 Å². The standard InChI is InChI=1S/C64H121N27O15S/c1-37(2)51(66)59(104)81-38(3)52(97)80-39(4)53(98)87-43(24-19-30-74-64(70)91(11)12)57(102)78-33-47(93)83-40(21-16-27-71-61(67)88(5)6)54(99)75-32-46(92)82-41(22-17-28-72-62(68)89(7)8)55(100)76-35-49(95)85-44(25-31-107-13)58(103)79-34-48(94)84-42(23-18-29-73-63(69)90(9)10)56(101)77-36-50(96)86-45(60(105)106)20-14-15-26-65/h37-45,51H,14-36,65-66H2,1-13H3,(H2,67,71)(H2,68,72)(H2,69,73)(H2,70,74)(H,75,99)(H,76,100)(H,77,101)(H,78,102)(H,79,103)(H,80,97)(H,81,104)(H,82,92)(H,83,93)(H,84,94)(H,85,95)(H,86,96)(H,87,98)(H,105,106)/t38-,39-,40-,41-,42-,43-,44-,45-,51-/m0/s1. The first-order valence-electron chi connectivity index (χ1n) is 35.1. The molecule has 608 valence electrons. The number of carboxylic acids is 1. The predicted octanol–water partition coefficient (Wildman–Crippen LogP) is -8.94. The molecule has 0 aliphatic heterocycles. The first kappa shape index (κ1) is 96.9. The van der Waals surface area contributed by atoms with Gasteiger partial charge in [0.2, 0.25) is 76.8 Å². The molecule has 42 nitrogen and oxygen atoms in total. The third kappa shape index (κ3) is 43.2. The molecule has 13 amide bonds. The third-order valence-electron chi connectivity index (χ3n) is 15.6. The van der Waals surface area contributed by atoms with Crippen LogP contribution in [0.25, 0.3) is 0 Å². The molecule has 26 N–H and O–H groups in total. The zero-order valence-corrected chi connectivity index (χ0v) is 65.0. The molecule has 0 unspecified atom stereocenters. The van der Waals surface area contributed by atoms with Gasteiger partial charge in [-0.05, 0) is 115 Å². The van der Waals surface area contributed by atoms with Gasteiger partial charge >= 0.3 is 5.97 Å². The van der Waals surface area contributed by atoms with Crippen molar-refractivity contribution in [3.05, 3.63) is 0 Å². The van der Waals surface area contributed by atoms with E-state index in [1.54, 1.807) is 96.1 Å². The van der Waals surface area contributed by atoms with Crippen LogP contribution in [0.1, 0.15) is 105 Å². The smallest absolute Gasteiger partial charge is 0.326 e. The normalized spacial score (nSPS) is 14.2. The molecule has 0 aromatic heterocycles. The number of guanidine groups is 4. The summed E-state index contributed by atoms with van der Waals surface area (Å²) >= 11 is 1.34. The number of aliphatic imine (C=N–C) groups is 4. The molecule has 0 heterocycles. The van der Waals surface area contributed by atoms with Gasteiger partial charge in [-0.3, -0.25) is 82.3 Å². The molecule has 0 spiro atoms. The molecule has 9 atom stereocenters. The second-order valence-electron chi connectivity index (χ2n) is 26.0. The molecule has 0 saturated carbocycles. The quantitative estimate of drug-likeness (QED) is 0.0153. The number of carbonyl (C=O) groups is 14. The fourth-order valence-corrected chi connectivity index (χ4v) is 9.38. The number of amides is 13.